The third kappa shape index (κ3) is 2.08. The van der Waals surface area contributed by atoms with Gasteiger partial charge < -0.3 is 4.57 Å². The van der Waals surface area contributed by atoms with Gasteiger partial charge in [0, 0.05) is 23.1 Å². The Morgan fingerprint density at radius 3 is 2.50 bits per heavy atom. The lowest BCUT2D eigenvalue weighted by molar-refractivity contribution is 0.635. The first-order chi connectivity index (χ1) is 6.61. The summed E-state index contributed by atoms with van der Waals surface area (Å²) in [7, 11) is 0. The second-order valence-corrected chi connectivity index (χ2v) is 4.18. The first-order valence-corrected chi connectivity index (χ1v) is 6.02. The highest BCUT2D eigenvalue weighted by Gasteiger charge is 2.08. The van der Waals surface area contributed by atoms with E-state index in [0.29, 0.717) is 11.2 Å². The summed E-state index contributed by atoms with van der Waals surface area (Å²) in [6, 6.07) is 3.96. The quantitative estimate of drug-likeness (QED) is 0.764. The number of alkyl halides is 1. The molecule has 0 aliphatic carbocycles. The first-order valence-electron chi connectivity index (χ1n) is 4.90. The van der Waals surface area contributed by atoms with Gasteiger partial charge in [-0.05, 0) is 18.9 Å². The summed E-state index contributed by atoms with van der Waals surface area (Å²) in [5, 5.41) is 0.629. The van der Waals surface area contributed by atoms with E-state index in [2.05, 4.69) is 29.8 Å². The number of aromatic nitrogens is 1. The summed E-state index contributed by atoms with van der Waals surface area (Å²) in [5.74, 6) is 0.395. The van der Waals surface area contributed by atoms with Crippen LogP contribution in [0.1, 0.15) is 37.9 Å². The molecule has 1 aromatic rings. The Balaban J connectivity index is 3.36. The molecular formula is C11H16BrNO. The van der Waals surface area contributed by atoms with Gasteiger partial charge in [0.15, 0.2) is 0 Å². The molecule has 0 aliphatic heterocycles. The molecule has 3 heteroatoms. The molecule has 1 heterocycles. The van der Waals surface area contributed by atoms with E-state index in [4.69, 9.17) is 0 Å². The number of halogens is 1. The lowest BCUT2D eigenvalue weighted by Crippen LogP contribution is -2.25. The molecule has 0 aliphatic rings. The van der Waals surface area contributed by atoms with Crippen LogP contribution < -0.4 is 5.56 Å². The van der Waals surface area contributed by atoms with Crippen molar-refractivity contribution in [2.75, 3.05) is 0 Å². The van der Waals surface area contributed by atoms with Crippen LogP contribution >= 0.6 is 15.9 Å². The Hall–Kier alpha value is -0.570. The van der Waals surface area contributed by atoms with E-state index in [1.54, 1.807) is 0 Å². The molecule has 0 bridgehead atoms. The Labute approximate surface area is 93.1 Å². The predicted octanol–water partition coefficient (Wildman–Crippen LogP) is 2.89. The van der Waals surface area contributed by atoms with Gasteiger partial charge in [-0.1, -0.05) is 35.8 Å². The molecule has 0 aromatic carbocycles. The molecule has 0 N–H and O–H groups in total. The lowest BCUT2D eigenvalue weighted by Gasteiger charge is -2.14. The van der Waals surface area contributed by atoms with Crippen LogP contribution in [-0.2, 0) is 11.9 Å². The van der Waals surface area contributed by atoms with Gasteiger partial charge in [-0.25, -0.2) is 0 Å². The van der Waals surface area contributed by atoms with Gasteiger partial charge in [0.25, 0.3) is 5.56 Å². The molecular weight excluding hydrogens is 242 g/mol. The van der Waals surface area contributed by atoms with Gasteiger partial charge in [0.2, 0.25) is 0 Å². The fraction of sp³-hybridized carbons (Fsp3) is 0.545. The van der Waals surface area contributed by atoms with Gasteiger partial charge >= 0.3 is 0 Å². The van der Waals surface area contributed by atoms with Crippen molar-refractivity contribution in [3.05, 3.63) is 33.7 Å². The standard InChI is InChI=1S/C11H16BrNO/c1-4-13-10(8(2)3)6-5-9(7-12)11(13)14/h5-6,8H,4,7H2,1-3H3. The second-order valence-electron chi connectivity index (χ2n) is 3.62. The van der Waals surface area contributed by atoms with Gasteiger partial charge in [-0.3, -0.25) is 4.79 Å². The van der Waals surface area contributed by atoms with Crippen molar-refractivity contribution in [1.29, 1.82) is 0 Å². The number of rotatable bonds is 3. The van der Waals surface area contributed by atoms with Crippen LogP contribution in [0.3, 0.4) is 0 Å². The van der Waals surface area contributed by atoms with E-state index in [9.17, 15) is 4.79 Å². The summed E-state index contributed by atoms with van der Waals surface area (Å²) in [6.07, 6.45) is 0. The second kappa shape index (κ2) is 4.78. The normalized spacial score (nSPS) is 10.9. The van der Waals surface area contributed by atoms with Crippen LogP contribution in [-0.4, -0.2) is 4.57 Å². The zero-order valence-corrected chi connectivity index (χ0v) is 10.5. The third-order valence-electron chi connectivity index (χ3n) is 2.34. The maximum Gasteiger partial charge on any atom is 0.254 e. The van der Waals surface area contributed by atoms with Crippen LogP contribution in [0.4, 0.5) is 0 Å². The molecule has 78 valence electrons. The first kappa shape index (κ1) is 11.5. The molecule has 0 spiro atoms. The molecule has 0 unspecified atom stereocenters. The highest BCUT2D eigenvalue weighted by Crippen LogP contribution is 2.13. The average Bonchev–Trinajstić information content (AvgIpc) is 2.17. The monoisotopic (exact) mass is 257 g/mol. The SMILES string of the molecule is CCn1c(C(C)C)ccc(CBr)c1=O. The molecule has 0 fully saturated rings. The molecule has 0 radical (unpaired) electrons. The van der Waals surface area contributed by atoms with Crippen LogP contribution in [0.15, 0.2) is 16.9 Å². The predicted molar refractivity (Wildman–Crippen MR) is 63.1 cm³/mol. The van der Waals surface area contributed by atoms with Crippen LogP contribution in [0.2, 0.25) is 0 Å². The van der Waals surface area contributed by atoms with E-state index in [1.807, 2.05) is 23.6 Å². The maximum atomic E-state index is 11.9. The van der Waals surface area contributed by atoms with Crippen molar-refractivity contribution in [2.24, 2.45) is 0 Å². The Morgan fingerprint density at radius 2 is 2.07 bits per heavy atom. The van der Waals surface area contributed by atoms with Crippen molar-refractivity contribution >= 4 is 15.9 Å². The molecule has 14 heavy (non-hydrogen) atoms. The highest BCUT2D eigenvalue weighted by molar-refractivity contribution is 9.08. The number of nitrogens with zero attached hydrogens (tertiary/aromatic N) is 1. The van der Waals surface area contributed by atoms with Crippen molar-refractivity contribution in [3.63, 3.8) is 0 Å². The van der Waals surface area contributed by atoms with E-state index in [-0.39, 0.29) is 5.56 Å². The highest BCUT2D eigenvalue weighted by atomic mass is 79.9. The van der Waals surface area contributed by atoms with E-state index < -0.39 is 0 Å². The van der Waals surface area contributed by atoms with E-state index in [0.717, 1.165) is 17.8 Å². The smallest absolute Gasteiger partial charge is 0.254 e. The molecule has 0 amide bonds. The molecule has 0 saturated heterocycles. The Bertz CT molecular complexity index is 368. The number of hydrogen-bond donors (Lipinski definition) is 0. The van der Waals surface area contributed by atoms with Crippen LogP contribution in [0.5, 0.6) is 0 Å². The molecule has 0 saturated carbocycles. The van der Waals surface area contributed by atoms with E-state index in [1.165, 1.54) is 0 Å². The fourth-order valence-corrected chi connectivity index (χ4v) is 2.00. The van der Waals surface area contributed by atoms with Crippen LogP contribution in [0.25, 0.3) is 0 Å². The zero-order valence-electron chi connectivity index (χ0n) is 8.88. The minimum atomic E-state index is 0.135. The molecule has 1 rings (SSSR count). The molecule has 2 nitrogen and oxygen atoms in total. The van der Waals surface area contributed by atoms with Crippen molar-refractivity contribution in [3.8, 4) is 0 Å². The largest absolute Gasteiger partial charge is 0.312 e. The fourth-order valence-electron chi connectivity index (χ4n) is 1.57. The van der Waals surface area contributed by atoms with Crippen molar-refractivity contribution in [2.45, 2.75) is 38.6 Å². The van der Waals surface area contributed by atoms with E-state index >= 15 is 0 Å². The summed E-state index contributed by atoms with van der Waals surface area (Å²) in [6.45, 7) is 6.96. The van der Waals surface area contributed by atoms with Gasteiger partial charge in [0.05, 0.1) is 0 Å². The average molecular weight is 258 g/mol. The maximum absolute atomic E-state index is 11.9. The minimum Gasteiger partial charge on any atom is -0.312 e. The van der Waals surface area contributed by atoms with Gasteiger partial charge in [-0.15, -0.1) is 0 Å². The van der Waals surface area contributed by atoms with Crippen molar-refractivity contribution in [1.82, 2.24) is 4.57 Å². The Kier molecular flexibility index (Phi) is 3.93. The number of hydrogen-bond acceptors (Lipinski definition) is 1. The number of pyridine rings is 1. The van der Waals surface area contributed by atoms with Gasteiger partial charge in [-0.2, -0.15) is 0 Å². The minimum absolute atomic E-state index is 0.135. The summed E-state index contributed by atoms with van der Waals surface area (Å²) in [5.41, 5.74) is 2.08. The Morgan fingerprint density at radius 1 is 1.43 bits per heavy atom. The van der Waals surface area contributed by atoms with Crippen molar-refractivity contribution < 1.29 is 0 Å². The molecule has 0 atom stereocenters. The zero-order chi connectivity index (χ0) is 10.7. The summed E-state index contributed by atoms with van der Waals surface area (Å²) < 4.78 is 1.85. The van der Waals surface area contributed by atoms with Gasteiger partial charge in [0.1, 0.15) is 0 Å². The topological polar surface area (TPSA) is 22.0 Å². The lowest BCUT2D eigenvalue weighted by atomic mass is 10.1. The molecule has 1 aromatic heterocycles. The summed E-state index contributed by atoms with van der Waals surface area (Å²) in [4.78, 5) is 11.9. The summed E-state index contributed by atoms with van der Waals surface area (Å²) >= 11 is 3.32. The third-order valence-corrected chi connectivity index (χ3v) is 2.94. The van der Waals surface area contributed by atoms with Crippen LogP contribution in [0, 0.1) is 0 Å².